The summed E-state index contributed by atoms with van der Waals surface area (Å²) < 4.78 is 1.84. The summed E-state index contributed by atoms with van der Waals surface area (Å²) in [4.78, 5) is 2.67. The molecule has 0 bridgehead atoms. The van der Waals surface area contributed by atoms with E-state index < -0.39 is 0 Å². The van der Waals surface area contributed by atoms with Crippen LogP contribution in [0.4, 0.5) is 0 Å². The number of rotatable bonds is 5. The molecule has 0 spiro atoms. The molecule has 4 heteroatoms. The lowest BCUT2D eigenvalue weighted by Gasteiger charge is -1.98. The van der Waals surface area contributed by atoms with Gasteiger partial charge in [-0.25, -0.2) is 0 Å². The van der Waals surface area contributed by atoms with E-state index in [0.717, 1.165) is 13.1 Å². The molecule has 0 atom stereocenters. The molecule has 16 heavy (non-hydrogen) atoms. The molecule has 0 amide bonds. The lowest BCUT2D eigenvalue weighted by molar-refractivity contribution is 0.681. The Hall–Kier alpha value is -1.13. The van der Waals surface area contributed by atoms with E-state index in [0.29, 0.717) is 0 Å². The number of nitrogens with zero attached hydrogens (tertiary/aromatic N) is 2. The smallest absolute Gasteiger partial charge is 0.0576 e. The second-order valence-corrected chi connectivity index (χ2v) is 5.01. The van der Waals surface area contributed by atoms with Crippen molar-refractivity contribution in [2.45, 2.75) is 19.9 Å². The maximum atomic E-state index is 4.19. The molecule has 0 saturated carbocycles. The molecule has 2 aromatic heterocycles. The lowest BCUT2D eigenvalue weighted by atomic mass is 10.3. The van der Waals surface area contributed by atoms with E-state index in [2.05, 4.69) is 35.7 Å². The van der Waals surface area contributed by atoms with Crippen molar-refractivity contribution in [2.24, 2.45) is 7.05 Å². The minimum absolute atomic E-state index is 0.971. The van der Waals surface area contributed by atoms with Crippen LogP contribution in [0.25, 0.3) is 10.4 Å². The minimum atomic E-state index is 0.971. The first-order valence-corrected chi connectivity index (χ1v) is 6.39. The molecular formula is C12H17N3S. The number of hydrogen-bond donors (Lipinski definition) is 1. The highest BCUT2D eigenvalue weighted by atomic mass is 32.1. The standard InChI is InChI=1S/C12H17N3S/c1-3-6-13-8-11-4-5-12(16-11)10-7-14-15(2)9-10/h4-5,7,9,13H,3,6,8H2,1-2H3. The van der Waals surface area contributed by atoms with E-state index in [-0.39, 0.29) is 0 Å². The number of aromatic nitrogens is 2. The van der Waals surface area contributed by atoms with Gasteiger partial charge < -0.3 is 5.32 Å². The van der Waals surface area contributed by atoms with Gasteiger partial charge in [0, 0.05) is 35.1 Å². The molecule has 0 aliphatic rings. The van der Waals surface area contributed by atoms with Gasteiger partial charge in [-0.15, -0.1) is 11.3 Å². The van der Waals surface area contributed by atoms with E-state index in [4.69, 9.17) is 0 Å². The van der Waals surface area contributed by atoms with Gasteiger partial charge in [0.05, 0.1) is 6.20 Å². The molecule has 0 aromatic carbocycles. The quantitative estimate of drug-likeness (QED) is 0.807. The summed E-state index contributed by atoms with van der Waals surface area (Å²) in [7, 11) is 1.95. The van der Waals surface area contributed by atoms with Gasteiger partial charge in [0.1, 0.15) is 0 Å². The fraction of sp³-hybridized carbons (Fsp3) is 0.417. The Morgan fingerprint density at radius 2 is 2.31 bits per heavy atom. The van der Waals surface area contributed by atoms with Crippen molar-refractivity contribution in [3.63, 3.8) is 0 Å². The normalized spacial score (nSPS) is 10.9. The highest BCUT2D eigenvalue weighted by Gasteiger charge is 2.04. The highest BCUT2D eigenvalue weighted by Crippen LogP contribution is 2.27. The third kappa shape index (κ3) is 2.71. The Balaban J connectivity index is 2.02. The Morgan fingerprint density at radius 1 is 1.44 bits per heavy atom. The Labute approximate surface area is 100 Å². The summed E-state index contributed by atoms with van der Waals surface area (Å²) in [6, 6.07) is 4.36. The third-order valence-corrected chi connectivity index (χ3v) is 3.51. The van der Waals surface area contributed by atoms with Crippen molar-refractivity contribution in [1.82, 2.24) is 15.1 Å². The van der Waals surface area contributed by atoms with E-state index in [1.165, 1.54) is 21.7 Å². The minimum Gasteiger partial charge on any atom is -0.312 e. The maximum absolute atomic E-state index is 4.19. The number of nitrogens with one attached hydrogen (secondary N) is 1. The number of hydrogen-bond acceptors (Lipinski definition) is 3. The SMILES string of the molecule is CCCNCc1ccc(-c2cnn(C)c2)s1. The molecule has 0 saturated heterocycles. The molecule has 0 unspecified atom stereocenters. The molecule has 1 N–H and O–H groups in total. The first kappa shape index (κ1) is 11.4. The summed E-state index contributed by atoms with van der Waals surface area (Å²) in [5, 5.41) is 7.60. The van der Waals surface area contributed by atoms with Crippen LogP contribution in [0.3, 0.4) is 0 Å². The zero-order chi connectivity index (χ0) is 11.4. The van der Waals surface area contributed by atoms with Crippen molar-refractivity contribution < 1.29 is 0 Å². The van der Waals surface area contributed by atoms with Crippen LogP contribution in [0.1, 0.15) is 18.2 Å². The third-order valence-electron chi connectivity index (χ3n) is 2.38. The van der Waals surface area contributed by atoms with E-state index in [1.54, 1.807) is 0 Å². The second kappa shape index (κ2) is 5.27. The van der Waals surface area contributed by atoms with Crippen molar-refractivity contribution in [3.05, 3.63) is 29.4 Å². The van der Waals surface area contributed by atoms with Gasteiger partial charge in [0.25, 0.3) is 0 Å². The highest BCUT2D eigenvalue weighted by molar-refractivity contribution is 7.15. The van der Waals surface area contributed by atoms with Crippen LogP contribution in [-0.2, 0) is 13.6 Å². The number of aryl methyl sites for hydroxylation is 1. The van der Waals surface area contributed by atoms with Crippen LogP contribution in [0, 0.1) is 0 Å². The van der Waals surface area contributed by atoms with Gasteiger partial charge in [0.15, 0.2) is 0 Å². The lowest BCUT2D eigenvalue weighted by Crippen LogP contribution is -2.12. The molecule has 0 fully saturated rings. The molecule has 86 valence electrons. The maximum Gasteiger partial charge on any atom is 0.0576 e. The zero-order valence-corrected chi connectivity index (χ0v) is 10.5. The van der Waals surface area contributed by atoms with Gasteiger partial charge in [-0.2, -0.15) is 5.10 Å². The molecular weight excluding hydrogens is 218 g/mol. The molecule has 2 aromatic rings. The molecule has 2 rings (SSSR count). The summed E-state index contributed by atoms with van der Waals surface area (Å²) >= 11 is 1.83. The van der Waals surface area contributed by atoms with Crippen LogP contribution < -0.4 is 5.32 Å². The number of thiophene rings is 1. The summed E-state index contributed by atoms with van der Waals surface area (Å²) in [5.74, 6) is 0. The first-order valence-electron chi connectivity index (χ1n) is 5.58. The van der Waals surface area contributed by atoms with Crippen LogP contribution in [-0.4, -0.2) is 16.3 Å². The van der Waals surface area contributed by atoms with Crippen molar-refractivity contribution in [1.29, 1.82) is 0 Å². The average molecular weight is 235 g/mol. The van der Waals surface area contributed by atoms with Crippen LogP contribution in [0.15, 0.2) is 24.5 Å². The van der Waals surface area contributed by atoms with E-state index in [1.807, 2.05) is 29.3 Å². The van der Waals surface area contributed by atoms with Crippen molar-refractivity contribution >= 4 is 11.3 Å². The van der Waals surface area contributed by atoms with Gasteiger partial charge in [0.2, 0.25) is 0 Å². The second-order valence-electron chi connectivity index (χ2n) is 3.85. The first-order chi connectivity index (χ1) is 7.79. The Morgan fingerprint density at radius 3 is 3.00 bits per heavy atom. The molecule has 0 aliphatic carbocycles. The van der Waals surface area contributed by atoms with E-state index in [9.17, 15) is 0 Å². The van der Waals surface area contributed by atoms with Gasteiger partial charge in [-0.3, -0.25) is 4.68 Å². The summed E-state index contributed by atoms with van der Waals surface area (Å²) in [5.41, 5.74) is 1.20. The Kier molecular flexibility index (Phi) is 3.74. The van der Waals surface area contributed by atoms with Crippen molar-refractivity contribution in [3.8, 4) is 10.4 Å². The molecule has 0 radical (unpaired) electrons. The average Bonchev–Trinajstić information content (AvgIpc) is 2.87. The molecule has 0 aliphatic heterocycles. The summed E-state index contributed by atoms with van der Waals surface area (Å²) in [6.07, 6.45) is 5.14. The topological polar surface area (TPSA) is 29.9 Å². The van der Waals surface area contributed by atoms with Crippen LogP contribution in [0.2, 0.25) is 0 Å². The monoisotopic (exact) mass is 235 g/mol. The fourth-order valence-corrected chi connectivity index (χ4v) is 2.52. The van der Waals surface area contributed by atoms with Gasteiger partial charge >= 0.3 is 0 Å². The summed E-state index contributed by atoms with van der Waals surface area (Å²) in [6.45, 7) is 4.24. The predicted octanol–water partition coefficient (Wildman–Crippen LogP) is 2.65. The van der Waals surface area contributed by atoms with Gasteiger partial charge in [-0.05, 0) is 25.1 Å². The fourth-order valence-electron chi connectivity index (χ4n) is 1.56. The van der Waals surface area contributed by atoms with Gasteiger partial charge in [-0.1, -0.05) is 6.92 Å². The van der Waals surface area contributed by atoms with Crippen LogP contribution in [0.5, 0.6) is 0 Å². The van der Waals surface area contributed by atoms with Crippen molar-refractivity contribution in [2.75, 3.05) is 6.54 Å². The molecule has 3 nitrogen and oxygen atoms in total. The van der Waals surface area contributed by atoms with E-state index >= 15 is 0 Å². The zero-order valence-electron chi connectivity index (χ0n) is 9.73. The van der Waals surface area contributed by atoms with Crippen LogP contribution >= 0.6 is 11.3 Å². The largest absolute Gasteiger partial charge is 0.312 e. The molecule has 2 heterocycles. The predicted molar refractivity (Wildman–Crippen MR) is 68.5 cm³/mol. The Bertz CT molecular complexity index is 445.